The molecule has 1 aliphatic heterocycles. The highest BCUT2D eigenvalue weighted by Crippen LogP contribution is 2.36. The molecule has 4 heterocycles. The van der Waals surface area contributed by atoms with Crippen LogP contribution in [0.25, 0.3) is 5.65 Å². The van der Waals surface area contributed by atoms with E-state index in [0.29, 0.717) is 16.6 Å². The summed E-state index contributed by atoms with van der Waals surface area (Å²) >= 11 is 0. The zero-order valence-electron chi connectivity index (χ0n) is 19.8. The van der Waals surface area contributed by atoms with Gasteiger partial charge in [0, 0.05) is 42.9 Å². The van der Waals surface area contributed by atoms with Gasteiger partial charge in [0.05, 0.1) is 17.3 Å². The third-order valence-corrected chi connectivity index (χ3v) is 5.27. The molecule has 3 aromatic heterocycles. The van der Waals surface area contributed by atoms with E-state index in [1.807, 2.05) is 0 Å². The van der Waals surface area contributed by atoms with Gasteiger partial charge in [0.1, 0.15) is 11.6 Å². The maximum absolute atomic E-state index is 13.4. The largest absolute Gasteiger partial charge is 0.435 e. The van der Waals surface area contributed by atoms with E-state index in [0.717, 1.165) is 17.2 Å². The summed E-state index contributed by atoms with van der Waals surface area (Å²) in [6.07, 6.45) is -9.07. The van der Waals surface area contributed by atoms with E-state index in [9.17, 15) is 35.5 Å². The first kappa shape index (κ1) is 19.8. The maximum atomic E-state index is 13.4. The average molecular weight is 494 g/mol. The number of alkyl halides is 6. The third kappa shape index (κ3) is 4.28. The summed E-state index contributed by atoms with van der Waals surface area (Å²) in [5, 5.41) is 7.73. The molecule has 182 valence electrons. The van der Waals surface area contributed by atoms with Gasteiger partial charge >= 0.3 is 18.4 Å². The van der Waals surface area contributed by atoms with E-state index in [1.165, 1.54) is 6.07 Å². The number of nitrogens with one attached hydrogen (secondary N) is 2. The lowest BCUT2D eigenvalue weighted by Crippen LogP contribution is -2.65. The summed E-state index contributed by atoms with van der Waals surface area (Å²) < 4.78 is 115. The molecule has 1 saturated heterocycles. The highest BCUT2D eigenvalue weighted by atomic mass is 19.4. The smallest absolute Gasteiger partial charge is 0.369 e. The summed E-state index contributed by atoms with van der Waals surface area (Å²) in [6, 6.07) is 2.22. The van der Waals surface area contributed by atoms with Gasteiger partial charge in [0.25, 0.3) is 0 Å². The van der Waals surface area contributed by atoms with Crippen molar-refractivity contribution >= 4 is 17.5 Å². The molecule has 4 rings (SSSR count). The molecule has 1 fully saturated rings. The van der Waals surface area contributed by atoms with Crippen molar-refractivity contribution in [1.82, 2.24) is 29.8 Å². The predicted molar refractivity (Wildman–Crippen MR) is 103 cm³/mol. The average Bonchev–Trinajstić information content (AvgIpc) is 3.17. The number of urea groups is 1. The fraction of sp³-hybridized carbons (Fsp3) is 0.368. The summed E-state index contributed by atoms with van der Waals surface area (Å²) in [7, 11) is 0. The second kappa shape index (κ2) is 7.99. The van der Waals surface area contributed by atoms with Crippen LogP contribution in [-0.4, -0.2) is 57.1 Å². The quantitative estimate of drug-likeness (QED) is 0.544. The molecular weight excluding hydrogens is 475 g/mol. The van der Waals surface area contributed by atoms with Crippen molar-refractivity contribution in [3.05, 3.63) is 53.4 Å². The summed E-state index contributed by atoms with van der Waals surface area (Å²) in [5.41, 5.74) is -4.61. The number of fused-ring (bicyclic) bond motifs is 1. The van der Waals surface area contributed by atoms with Gasteiger partial charge in [-0.25, -0.2) is 14.2 Å². The standard InChI is InChI=1S/C19H16F7N7O/c1-27-16(34)32-8-17(9-32,11-3-2-10(20)6-28-11)7-29-14-4-12(18(21,22)23)30-15-5-13(19(24,25)26)31-33(14)15/h2-6,29H,7-9H2,1H3,(H,27,34)/i1D3. The number of aromatic nitrogens is 4. The molecule has 1 aliphatic rings. The van der Waals surface area contributed by atoms with E-state index in [2.05, 4.69) is 20.4 Å². The van der Waals surface area contributed by atoms with Crippen molar-refractivity contribution in [2.24, 2.45) is 0 Å². The van der Waals surface area contributed by atoms with Gasteiger partial charge in [-0.3, -0.25) is 4.98 Å². The first-order chi connectivity index (χ1) is 17.0. The van der Waals surface area contributed by atoms with Crippen LogP contribution in [0.3, 0.4) is 0 Å². The summed E-state index contributed by atoms with van der Waals surface area (Å²) in [6.45, 7) is -3.45. The molecular formula is C19H16F7N7O. The van der Waals surface area contributed by atoms with E-state index in [1.54, 1.807) is 5.32 Å². The van der Waals surface area contributed by atoms with Crippen LogP contribution < -0.4 is 10.6 Å². The zero-order valence-corrected chi connectivity index (χ0v) is 16.8. The van der Waals surface area contributed by atoms with Crippen molar-refractivity contribution in [2.75, 3.05) is 31.9 Å². The number of nitrogens with zero attached hydrogens (tertiary/aromatic N) is 5. The van der Waals surface area contributed by atoms with E-state index in [-0.39, 0.29) is 25.3 Å². The number of likely N-dealkylation sites (tertiary alicyclic amines) is 1. The zero-order chi connectivity index (χ0) is 27.4. The second-order valence-electron chi connectivity index (χ2n) is 7.60. The van der Waals surface area contributed by atoms with Gasteiger partial charge in [0.15, 0.2) is 17.0 Å². The molecule has 0 bridgehead atoms. The molecule has 2 N–H and O–H groups in total. The van der Waals surface area contributed by atoms with Crippen LogP contribution in [0.1, 0.15) is 21.2 Å². The fourth-order valence-electron chi connectivity index (χ4n) is 3.60. The number of halogens is 7. The Labute approximate surface area is 191 Å². The first-order valence-corrected chi connectivity index (χ1v) is 9.45. The number of anilines is 1. The molecule has 0 spiro atoms. The molecule has 3 aromatic rings. The minimum Gasteiger partial charge on any atom is -0.369 e. The number of carbonyl (C=O) groups excluding carboxylic acids is 1. The molecule has 0 unspecified atom stereocenters. The van der Waals surface area contributed by atoms with Crippen LogP contribution in [-0.2, 0) is 17.8 Å². The summed E-state index contributed by atoms with van der Waals surface area (Å²) in [4.78, 5) is 20.5. The molecule has 0 aromatic carbocycles. The van der Waals surface area contributed by atoms with Crippen LogP contribution in [0, 0.1) is 5.82 Å². The van der Waals surface area contributed by atoms with Crippen LogP contribution in [0.4, 0.5) is 41.3 Å². The molecule has 0 saturated carbocycles. The fourth-order valence-corrected chi connectivity index (χ4v) is 3.60. The first-order valence-electron chi connectivity index (χ1n) is 11.0. The Morgan fingerprint density at radius 3 is 2.44 bits per heavy atom. The monoisotopic (exact) mass is 494 g/mol. The number of amides is 2. The normalized spacial score (nSPS) is 17.5. The third-order valence-electron chi connectivity index (χ3n) is 5.27. The lowest BCUT2D eigenvalue weighted by atomic mass is 9.76. The molecule has 0 radical (unpaired) electrons. The number of hydrogen-bond acceptors (Lipinski definition) is 5. The number of carbonyl (C=O) groups is 1. The Kier molecular flexibility index (Phi) is 4.65. The number of pyridine rings is 1. The maximum Gasteiger partial charge on any atom is 0.435 e. The van der Waals surface area contributed by atoms with Crippen molar-refractivity contribution in [1.29, 1.82) is 0 Å². The molecule has 15 heteroatoms. The van der Waals surface area contributed by atoms with Crippen LogP contribution >= 0.6 is 0 Å². The molecule has 2 amide bonds. The van der Waals surface area contributed by atoms with E-state index < -0.39 is 59.4 Å². The minimum atomic E-state index is -4.99. The lowest BCUT2D eigenvalue weighted by molar-refractivity contribution is -0.142. The SMILES string of the molecule is [2H]C([2H])([2H])NC(=O)N1CC(CNc2cc(C(F)(F)F)nc3cc(C(F)(F)F)nn23)(c2ccc(F)cn2)C1. The van der Waals surface area contributed by atoms with Gasteiger partial charge in [-0.15, -0.1) is 0 Å². The molecule has 0 aliphatic carbocycles. The highest BCUT2D eigenvalue weighted by Gasteiger charge is 2.48. The van der Waals surface area contributed by atoms with Crippen molar-refractivity contribution in [2.45, 2.75) is 17.8 Å². The van der Waals surface area contributed by atoms with Crippen LogP contribution in [0.2, 0.25) is 0 Å². The Bertz CT molecular complexity index is 1320. The van der Waals surface area contributed by atoms with Gasteiger partial charge in [-0.1, -0.05) is 0 Å². The Hall–Kier alpha value is -3.65. The Balaban J connectivity index is 1.68. The van der Waals surface area contributed by atoms with E-state index >= 15 is 0 Å². The van der Waals surface area contributed by atoms with Gasteiger partial charge in [-0.05, 0) is 12.1 Å². The molecule has 8 nitrogen and oxygen atoms in total. The van der Waals surface area contributed by atoms with Crippen LogP contribution in [0.5, 0.6) is 0 Å². The molecule has 34 heavy (non-hydrogen) atoms. The second-order valence-corrected chi connectivity index (χ2v) is 7.60. The Morgan fingerprint density at radius 2 is 1.85 bits per heavy atom. The predicted octanol–water partition coefficient (Wildman–Crippen LogP) is 3.31. The molecule has 0 atom stereocenters. The van der Waals surface area contributed by atoms with Crippen LogP contribution in [0.15, 0.2) is 30.5 Å². The minimum absolute atomic E-state index is 0.187. The topological polar surface area (TPSA) is 87.5 Å². The highest BCUT2D eigenvalue weighted by molar-refractivity contribution is 5.75. The Morgan fingerprint density at radius 1 is 1.15 bits per heavy atom. The van der Waals surface area contributed by atoms with Gasteiger partial charge in [-0.2, -0.15) is 36.0 Å². The van der Waals surface area contributed by atoms with Crippen molar-refractivity contribution in [3.63, 3.8) is 0 Å². The van der Waals surface area contributed by atoms with Crippen molar-refractivity contribution < 1.29 is 39.6 Å². The van der Waals surface area contributed by atoms with Gasteiger partial charge in [0.2, 0.25) is 0 Å². The lowest BCUT2D eigenvalue weighted by Gasteiger charge is -2.49. The summed E-state index contributed by atoms with van der Waals surface area (Å²) in [5.74, 6) is -1.18. The van der Waals surface area contributed by atoms with E-state index in [4.69, 9.17) is 4.11 Å². The van der Waals surface area contributed by atoms with Crippen molar-refractivity contribution in [3.8, 4) is 0 Å². The number of rotatable bonds is 4. The number of hydrogen-bond donors (Lipinski definition) is 2. The van der Waals surface area contributed by atoms with Gasteiger partial charge < -0.3 is 15.5 Å².